The molecule has 0 aromatic carbocycles. The van der Waals surface area contributed by atoms with E-state index in [1.165, 1.54) is 19.9 Å². The third-order valence-electron chi connectivity index (χ3n) is 4.30. The topological polar surface area (TPSA) is 64.1 Å². The Morgan fingerprint density at radius 3 is 2.53 bits per heavy atom. The lowest BCUT2D eigenvalue weighted by Crippen LogP contribution is -2.25. The molecule has 10 heteroatoms. The minimum Gasteiger partial charge on any atom is -0.436 e. The maximum absolute atomic E-state index is 13.4. The summed E-state index contributed by atoms with van der Waals surface area (Å²) in [5, 5.41) is 1.90. The average Bonchev–Trinajstić information content (AvgIpc) is 2.66. The lowest BCUT2D eigenvalue weighted by atomic mass is 10.1. The van der Waals surface area contributed by atoms with Crippen LogP contribution in [0.15, 0.2) is 36.1 Å². The van der Waals surface area contributed by atoms with Crippen LogP contribution in [0, 0.1) is 19.8 Å². The quantitative estimate of drug-likeness (QED) is 0.491. The van der Waals surface area contributed by atoms with Crippen LogP contribution in [0.4, 0.5) is 17.6 Å². The fraction of sp³-hybridized carbons (Fsp3) is 0.250. The van der Waals surface area contributed by atoms with E-state index in [1.54, 1.807) is 12.2 Å². The molecular weight excluding hydrogens is 426 g/mol. The van der Waals surface area contributed by atoms with Crippen LogP contribution in [-0.2, 0) is 6.18 Å². The Balaban J connectivity index is 2.11. The Morgan fingerprint density at radius 1 is 1.20 bits per heavy atom. The second kappa shape index (κ2) is 8.43. The number of carbonyl (C=O) groups is 1. The number of carbonyl (C=O) groups excluding carboxylic acids is 1. The highest BCUT2D eigenvalue weighted by Gasteiger charge is 2.39. The highest BCUT2D eigenvalue weighted by atomic mass is 35.5. The summed E-state index contributed by atoms with van der Waals surface area (Å²) < 4.78 is 59.0. The van der Waals surface area contributed by atoms with Crippen LogP contribution in [0.2, 0.25) is 5.02 Å². The van der Waals surface area contributed by atoms with E-state index >= 15 is 0 Å². The van der Waals surface area contributed by atoms with Crippen LogP contribution in [0.1, 0.15) is 40.2 Å². The standard InChI is InChI=1S/C20H16ClF4N3O2/c1-10-15(18(29)27-12-6-4-3-5-7-12)19(28-17(16(10)21)20(23,24)25)30-13-8-9-14(22)26-11(13)2/h4,6-9H,3,5H2,1-2H3,(H,27,29). The maximum Gasteiger partial charge on any atom is 0.434 e. The molecule has 0 unspecified atom stereocenters. The summed E-state index contributed by atoms with van der Waals surface area (Å²) in [4.78, 5) is 19.9. The van der Waals surface area contributed by atoms with Crippen molar-refractivity contribution in [3.05, 3.63) is 69.5 Å². The van der Waals surface area contributed by atoms with Gasteiger partial charge in [-0.1, -0.05) is 23.8 Å². The van der Waals surface area contributed by atoms with Crippen molar-refractivity contribution in [1.29, 1.82) is 0 Å². The van der Waals surface area contributed by atoms with E-state index in [9.17, 15) is 22.4 Å². The zero-order chi connectivity index (χ0) is 22.1. The van der Waals surface area contributed by atoms with Crippen molar-refractivity contribution in [1.82, 2.24) is 15.3 Å². The molecule has 0 saturated heterocycles. The Kier molecular flexibility index (Phi) is 6.12. The molecule has 1 amide bonds. The molecule has 1 N–H and O–H groups in total. The number of aryl methyl sites for hydroxylation is 1. The number of amides is 1. The summed E-state index contributed by atoms with van der Waals surface area (Å²) in [6.07, 6.45) is 1.97. The van der Waals surface area contributed by atoms with Gasteiger partial charge in [-0.3, -0.25) is 4.79 Å². The first-order valence-corrected chi connectivity index (χ1v) is 9.22. The Bertz CT molecular complexity index is 1060. The van der Waals surface area contributed by atoms with Crippen molar-refractivity contribution >= 4 is 17.5 Å². The number of pyridine rings is 2. The molecule has 5 nitrogen and oxygen atoms in total. The molecule has 0 bridgehead atoms. The smallest absolute Gasteiger partial charge is 0.434 e. The number of allylic oxidation sites excluding steroid dienone is 3. The average molecular weight is 442 g/mol. The van der Waals surface area contributed by atoms with Crippen LogP contribution >= 0.6 is 11.6 Å². The van der Waals surface area contributed by atoms with Crippen LogP contribution in [0.5, 0.6) is 11.6 Å². The summed E-state index contributed by atoms with van der Waals surface area (Å²) in [5.74, 6) is -2.19. The van der Waals surface area contributed by atoms with E-state index in [0.717, 1.165) is 12.5 Å². The Labute approximate surface area is 174 Å². The van der Waals surface area contributed by atoms with Gasteiger partial charge < -0.3 is 10.1 Å². The normalized spacial score (nSPS) is 13.8. The van der Waals surface area contributed by atoms with E-state index in [2.05, 4.69) is 15.3 Å². The molecule has 30 heavy (non-hydrogen) atoms. The molecule has 2 aromatic heterocycles. The Morgan fingerprint density at radius 2 is 1.93 bits per heavy atom. The van der Waals surface area contributed by atoms with Crippen LogP contribution in [0.25, 0.3) is 0 Å². The lowest BCUT2D eigenvalue weighted by molar-refractivity contribution is -0.141. The molecule has 1 aliphatic carbocycles. The lowest BCUT2D eigenvalue weighted by Gasteiger charge is -2.18. The number of nitrogens with one attached hydrogen (secondary N) is 1. The zero-order valence-corrected chi connectivity index (χ0v) is 16.7. The molecular formula is C20H16ClF4N3O2. The minimum absolute atomic E-state index is 0.0513. The molecule has 3 rings (SSSR count). The van der Waals surface area contributed by atoms with Gasteiger partial charge in [0.15, 0.2) is 11.4 Å². The first kappa shape index (κ1) is 21.8. The van der Waals surface area contributed by atoms with Crippen molar-refractivity contribution in [3.8, 4) is 11.6 Å². The van der Waals surface area contributed by atoms with Crippen molar-refractivity contribution in [2.75, 3.05) is 0 Å². The van der Waals surface area contributed by atoms with Gasteiger partial charge in [0.1, 0.15) is 5.56 Å². The first-order chi connectivity index (χ1) is 14.1. The number of ether oxygens (including phenoxy) is 1. The number of halogens is 5. The largest absolute Gasteiger partial charge is 0.436 e. The maximum atomic E-state index is 13.4. The summed E-state index contributed by atoms with van der Waals surface area (Å²) in [7, 11) is 0. The SMILES string of the molecule is Cc1nc(F)ccc1Oc1nc(C(F)(F)F)c(Cl)c(C)c1C(=O)NC1=CCCC=C1. The van der Waals surface area contributed by atoms with E-state index < -0.39 is 34.6 Å². The molecule has 0 atom stereocenters. The monoisotopic (exact) mass is 441 g/mol. The summed E-state index contributed by atoms with van der Waals surface area (Å²) in [6, 6.07) is 2.16. The van der Waals surface area contributed by atoms with Gasteiger partial charge in [-0.2, -0.15) is 17.6 Å². The summed E-state index contributed by atoms with van der Waals surface area (Å²) >= 11 is 5.89. The van der Waals surface area contributed by atoms with Gasteiger partial charge in [-0.25, -0.2) is 9.97 Å². The van der Waals surface area contributed by atoms with E-state index in [4.69, 9.17) is 16.3 Å². The number of aromatic nitrogens is 2. The van der Waals surface area contributed by atoms with Gasteiger partial charge in [-0.15, -0.1) is 0 Å². The fourth-order valence-electron chi connectivity index (χ4n) is 2.81. The molecule has 0 radical (unpaired) electrons. The molecule has 2 heterocycles. The number of alkyl halides is 3. The summed E-state index contributed by atoms with van der Waals surface area (Å²) in [6.45, 7) is 2.67. The highest BCUT2D eigenvalue weighted by Crippen LogP contribution is 2.40. The van der Waals surface area contributed by atoms with E-state index in [1.807, 2.05) is 6.08 Å². The third-order valence-corrected chi connectivity index (χ3v) is 4.76. The van der Waals surface area contributed by atoms with Crippen molar-refractivity contribution in [2.24, 2.45) is 0 Å². The highest BCUT2D eigenvalue weighted by molar-refractivity contribution is 6.32. The van der Waals surface area contributed by atoms with Gasteiger partial charge >= 0.3 is 6.18 Å². The zero-order valence-electron chi connectivity index (χ0n) is 15.9. The molecule has 1 aliphatic rings. The number of hydrogen-bond donors (Lipinski definition) is 1. The van der Waals surface area contributed by atoms with Gasteiger partial charge in [0.05, 0.1) is 10.7 Å². The molecule has 0 saturated carbocycles. The van der Waals surface area contributed by atoms with Crippen LogP contribution < -0.4 is 10.1 Å². The molecule has 0 aliphatic heterocycles. The Hall–Kier alpha value is -2.94. The predicted octanol–water partition coefficient (Wildman–Crippen LogP) is 5.66. The van der Waals surface area contributed by atoms with E-state index in [-0.39, 0.29) is 22.6 Å². The van der Waals surface area contributed by atoms with Crippen LogP contribution in [0.3, 0.4) is 0 Å². The number of rotatable bonds is 4. The molecule has 0 fully saturated rings. The second-order valence-electron chi connectivity index (χ2n) is 6.49. The summed E-state index contributed by atoms with van der Waals surface area (Å²) in [5.41, 5.74) is -1.25. The van der Waals surface area contributed by atoms with Crippen molar-refractivity contribution < 1.29 is 27.1 Å². The predicted molar refractivity (Wildman–Crippen MR) is 102 cm³/mol. The fourth-order valence-corrected chi connectivity index (χ4v) is 3.06. The van der Waals surface area contributed by atoms with Gasteiger partial charge in [-0.05, 0) is 50.5 Å². The second-order valence-corrected chi connectivity index (χ2v) is 6.87. The molecule has 158 valence electrons. The minimum atomic E-state index is -4.88. The number of nitrogens with zero attached hydrogens (tertiary/aromatic N) is 2. The molecule has 2 aromatic rings. The van der Waals surface area contributed by atoms with Crippen molar-refractivity contribution in [3.63, 3.8) is 0 Å². The van der Waals surface area contributed by atoms with Gasteiger partial charge in [0.25, 0.3) is 5.91 Å². The molecule has 0 spiro atoms. The first-order valence-electron chi connectivity index (χ1n) is 8.84. The van der Waals surface area contributed by atoms with Crippen molar-refractivity contribution in [2.45, 2.75) is 32.9 Å². The third kappa shape index (κ3) is 4.62. The van der Waals surface area contributed by atoms with Crippen LogP contribution in [-0.4, -0.2) is 15.9 Å². The van der Waals surface area contributed by atoms with Gasteiger partial charge in [0, 0.05) is 5.70 Å². The van der Waals surface area contributed by atoms with E-state index in [0.29, 0.717) is 12.1 Å². The van der Waals surface area contributed by atoms with Gasteiger partial charge in [0.2, 0.25) is 11.8 Å². The number of hydrogen-bond acceptors (Lipinski definition) is 4.